The molecular formula is C16H30N2O3S2. The summed E-state index contributed by atoms with van der Waals surface area (Å²) in [5.74, 6) is 1.68. The standard InChI is InChI=1S/C16H30N2O3S2/c1-23(19,20)14-6-4-12(5-7-14)15-9-17-10-16(18-15)22-11-13-3-2-8-21-13/h12-18H,2-11H2,1H3/t12?,13-,14?,15?,16?/m0/s1. The molecule has 3 rings (SSSR count). The highest BCUT2D eigenvalue weighted by atomic mass is 32.2. The Hall–Kier alpha value is 0.180. The van der Waals surface area contributed by atoms with Crippen molar-refractivity contribution in [3.05, 3.63) is 0 Å². The third-order valence-corrected chi connectivity index (χ3v) is 8.45. The summed E-state index contributed by atoms with van der Waals surface area (Å²) in [4.78, 5) is 0. The van der Waals surface area contributed by atoms with Crippen molar-refractivity contribution in [1.82, 2.24) is 10.6 Å². The van der Waals surface area contributed by atoms with Gasteiger partial charge in [-0.2, -0.15) is 0 Å². The second kappa shape index (κ2) is 8.04. The predicted molar refractivity (Wildman–Crippen MR) is 95.6 cm³/mol. The first kappa shape index (κ1) is 18.0. The highest BCUT2D eigenvalue weighted by Gasteiger charge is 2.34. The van der Waals surface area contributed by atoms with E-state index in [1.807, 2.05) is 11.8 Å². The SMILES string of the molecule is CS(=O)(=O)C1CCC(C2CNCC(SC[C@@H]3CCCO3)N2)CC1. The van der Waals surface area contributed by atoms with Gasteiger partial charge in [-0.05, 0) is 44.4 Å². The van der Waals surface area contributed by atoms with Crippen molar-refractivity contribution in [2.45, 2.75) is 61.3 Å². The van der Waals surface area contributed by atoms with Gasteiger partial charge in [0, 0.05) is 37.7 Å². The minimum atomic E-state index is -2.86. The lowest BCUT2D eigenvalue weighted by Crippen LogP contribution is -2.57. The number of rotatable bonds is 5. The summed E-state index contributed by atoms with van der Waals surface area (Å²) in [6.07, 6.45) is 7.94. The number of nitrogens with one attached hydrogen (secondary N) is 2. The van der Waals surface area contributed by atoms with Crippen LogP contribution in [0.2, 0.25) is 0 Å². The lowest BCUT2D eigenvalue weighted by Gasteiger charge is -2.39. The first-order valence-electron chi connectivity index (χ1n) is 8.91. The number of thioether (sulfide) groups is 1. The van der Waals surface area contributed by atoms with Crippen LogP contribution >= 0.6 is 11.8 Å². The molecule has 2 heterocycles. The largest absolute Gasteiger partial charge is 0.377 e. The van der Waals surface area contributed by atoms with E-state index in [-0.39, 0.29) is 5.25 Å². The molecule has 2 N–H and O–H groups in total. The Morgan fingerprint density at radius 2 is 1.91 bits per heavy atom. The van der Waals surface area contributed by atoms with Gasteiger partial charge < -0.3 is 10.1 Å². The van der Waals surface area contributed by atoms with Gasteiger partial charge in [-0.1, -0.05) is 0 Å². The monoisotopic (exact) mass is 362 g/mol. The summed E-state index contributed by atoms with van der Waals surface area (Å²) in [7, 11) is -2.86. The lowest BCUT2D eigenvalue weighted by atomic mass is 9.83. The molecule has 0 aromatic heterocycles. The van der Waals surface area contributed by atoms with Gasteiger partial charge in [0.25, 0.3) is 0 Å². The lowest BCUT2D eigenvalue weighted by molar-refractivity contribution is 0.128. The zero-order valence-corrected chi connectivity index (χ0v) is 15.6. The molecule has 7 heteroatoms. The second-order valence-electron chi connectivity index (χ2n) is 7.25. The van der Waals surface area contributed by atoms with Crippen LogP contribution in [0.4, 0.5) is 0 Å². The van der Waals surface area contributed by atoms with Gasteiger partial charge in [0.2, 0.25) is 0 Å². The Kier molecular flexibility index (Phi) is 6.29. The van der Waals surface area contributed by atoms with E-state index in [4.69, 9.17) is 4.74 Å². The molecule has 134 valence electrons. The molecule has 2 aliphatic heterocycles. The molecule has 5 nitrogen and oxygen atoms in total. The molecule has 3 atom stereocenters. The van der Waals surface area contributed by atoms with Crippen molar-refractivity contribution in [3.8, 4) is 0 Å². The Balaban J connectivity index is 1.43. The molecule has 1 aliphatic carbocycles. The minimum Gasteiger partial charge on any atom is -0.377 e. The first-order chi connectivity index (χ1) is 11.0. The van der Waals surface area contributed by atoms with Crippen molar-refractivity contribution >= 4 is 21.6 Å². The average molecular weight is 363 g/mol. The van der Waals surface area contributed by atoms with Crippen LogP contribution in [0.15, 0.2) is 0 Å². The molecule has 3 aliphatic rings. The molecule has 23 heavy (non-hydrogen) atoms. The van der Waals surface area contributed by atoms with E-state index in [1.54, 1.807) is 0 Å². The van der Waals surface area contributed by atoms with Gasteiger partial charge in [0.15, 0.2) is 0 Å². The maximum Gasteiger partial charge on any atom is 0.150 e. The van der Waals surface area contributed by atoms with Crippen molar-refractivity contribution in [3.63, 3.8) is 0 Å². The molecular weight excluding hydrogens is 332 g/mol. The van der Waals surface area contributed by atoms with Gasteiger partial charge in [-0.25, -0.2) is 8.42 Å². The van der Waals surface area contributed by atoms with Crippen molar-refractivity contribution in [2.24, 2.45) is 5.92 Å². The third-order valence-electron chi connectivity index (χ3n) is 5.49. The van der Waals surface area contributed by atoms with Crippen LogP contribution in [0.5, 0.6) is 0 Å². The van der Waals surface area contributed by atoms with E-state index in [2.05, 4.69) is 10.6 Å². The Morgan fingerprint density at radius 1 is 1.13 bits per heavy atom. The van der Waals surface area contributed by atoms with Crippen LogP contribution in [-0.2, 0) is 14.6 Å². The molecule has 3 fully saturated rings. The highest BCUT2D eigenvalue weighted by Crippen LogP contribution is 2.31. The van der Waals surface area contributed by atoms with Gasteiger partial charge >= 0.3 is 0 Å². The van der Waals surface area contributed by atoms with Crippen molar-refractivity contribution < 1.29 is 13.2 Å². The molecule has 1 saturated carbocycles. The van der Waals surface area contributed by atoms with E-state index >= 15 is 0 Å². The first-order valence-corrected chi connectivity index (χ1v) is 11.9. The van der Waals surface area contributed by atoms with Crippen molar-refractivity contribution in [1.29, 1.82) is 0 Å². The van der Waals surface area contributed by atoms with Gasteiger partial charge in [-0.15, -0.1) is 11.8 Å². The Morgan fingerprint density at radius 3 is 2.57 bits per heavy atom. The zero-order valence-electron chi connectivity index (χ0n) is 14.0. The van der Waals surface area contributed by atoms with Gasteiger partial charge in [0.05, 0.1) is 16.7 Å². The molecule has 0 aromatic rings. The van der Waals surface area contributed by atoms with Crippen LogP contribution in [-0.4, -0.2) is 62.9 Å². The number of ether oxygens (including phenoxy) is 1. The average Bonchev–Trinajstić information content (AvgIpc) is 3.06. The zero-order chi connectivity index (χ0) is 16.3. The van der Waals surface area contributed by atoms with E-state index in [1.165, 1.54) is 19.1 Å². The fourth-order valence-corrected chi connectivity index (χ4v) is 6.40. The molecule has 2 unspecified atom stereocenters. The van der Waals surface area contributed by atoms with Crippen LogP contribution in [0.25, 0.3) is 0 Å². The predicted octanol–water partition coefficient (Wildman–Crippen LogP) is 1.39. The molecule has 0 radical (unpaired) electrons. The fraction of sp³-hybridized carbons (Fsp3) is 1.00. The number of hydrogen-bond acceptors (Lipinski definition) is 6. The topological polar surface area (TPSA) is 67.4 Å². The number of hydrogen-bond donors (Lipinski definition) is 2. The minimum absolute atomic E-state index is 0.111. The molecule has 2 saturated heterocycles. The summed E-state index contributed by atoms with van der Waals surface area (Å²) in [5.41, 5.74) is 0. The van der Waals surface area contributed by atoms with E-state index < -0.39 is 9.84 Å². The summed E-state index contributed by atoms with van der Waals surface area (Å²) >= 11 is 1.97. The normalized spacial score (nSPS) is 39.4. The quantitative estimate of drug-likeness (QED) is 0.770. The van der Waals surface area contributed by atoms with Crippen LogP contribution in [0.1, 0.15) is 38.5 Å². The maximum absolute atomic E-state index is 11.7. The Labute approximate surface area is 144 Å². The highest BCUT2D eigenvalue weighted by molar-refractivity contribution is 7.99. The summed E-state index contributed by atoms with van der Waals surface area (Å²) in [6, 6.07) is 0.478. The smallest absolute Gasteiger partial charge is 0.150 e. The van der Waals surface area contributed by atoms with Crippen molar-refractivity contribution in [2.75, 3.05) is 31.7 Å². The number of piperazine rings is 1. The summed E-state index contributed by atoms with van der Waals surface area (Å²) in [6.45, 7) is 2.94. The maximum atomic E-state index is 11.7. The van der Waals surface area contributed by atoms with Crippen LogP contribution in [0, 0.1) is 5.92 Å². The van der Waals surface area contributed by atoms with Gasteiger partial charge in [0.1, 0.15) is 9.84 Å². The molecule has 0 bridgehead atoms. The molecule has 0 spiro atoms. The van der Waals surface area contributed by atoms with E-state index in [0.29, 0.717) is 23.4 Å². The Bertz CT molecular complexity index is 472. The third kappa shape index (κ3) is 5.08. The van der Waals surface area contributed by atoms with Crippen LogP contribution < -0.4 is 10.6 Å². The summed E-state index contributed by atoms with van der Waals surface area (Å²) in [5, 5.41) is 7.69. The molecule has 0 aromatic carbocycles. The number of sulfone groups is 1. The van der Waals surface area contributed by atoms with Crippen LogP contribution in [0.3, 0.4) is 0 Å². The second-order valence-corrected chi connectivity index (χ2v) is 10.8. The van der Waals surface area contributed by atoms with Gasteiger partial charge in [-0.3, -0.25) is 5.32 Å². The molecule has 0 amide bonds. The summed E-state index contributed by atoms with van der Waals surface area (Å²) < 4.78 is 29.1. The van der Waals surface area contributed by atoms with E-state index in [0.717, 1.165) is 51.1 Å². The van der Waals surface area contributed by atoms with E-state index in [9.17, 15) is 8.42 Å². The fourth-order valence-electron chi connectivity index (χ4n) is 4.05.